The van der Waals surface area contributed by atoms with Gasteiger partial charge < -0.3 is 9.64 Å². The zero-order valence-corrected chi connectivity index (χ0v) is 36.6. The molecule has 2 aliphatic carbocycles. The number of halogens is 6. The number of rotatable bonds is 13. The number of thiophene rings is 1. The molecule has 0 spiro atoms. The molecule has 1 N–H and O–H groups in total. The first-order chi connectivity index (χ1) is 30.0. The van der Waals surface area contributed by atoms with Gasteiger partial charge in [-0.25, -0.2) is 13.4 Å². The molecule has 0 bridgehead atoms. The lowest BCUT2D eigenvalue weighted by Gasteiger charge is -2.35. The smallest absolute Gasteiger partial charge is 0.416 e. The summed E-state index contributed by atoms with van der Waals surface area (Å²) in [5.74, 6) is -3.06. The van der Waals surface area contributed by atoms with Crippen molar-refractivity contribution in [3.05, 3.63) is 102 Å². The number of Topliss-reactive ketones (excluding diaryl/α,β-unsaturated/α-hetero) is 1. The normalized spacial score (nSPS) is 22.1. The van der Waals surface area contributed by atoms with Crippen molar-refractivity contribution in [2.75, 3.05) is 6.54 Å². The number of ketones is 1. The number of hydrogen-bond acceptors (Lipinski definition) is 9. The lowest BCUT2D eigenvalue weighted by Crippen LogP contribution is -2.48. The Morgan fingerprint density at radius 3 is 2.14 bits per heavy atom. The van der Waals surface area contributed by atoms with E-state index >= 15 is 0 Å². The van der Waals surface area contributed by atoms with E-state index in [4.69, 9.17) is 9.72 Å². The molecular weight excluding hydrogens is 883 g/mol. The van der Waals surface area contributed by atoms with Gasteiger partial charge in [-0.2, -0.15) is 31.3 Å². The van der Waals surface area contributed by atoms with Crippen molar-refractivity contribution in [1.82, 2.24) is 19.6 Å². The number of carbonyl (C=O) groups excluding carboxylic acids is 3. The first-order valence-electron chi connectivity index (χ1n) is 20.7. The van der Waals surface area contributed by atoms with Crippen molar-refractivity contribution < 1.29 is 53.9 Å². The van der Waals surface area contributed by atoms with Gasteiger partial charge in [-0.3, -0.25) is 19.1 Å². The highest BCUT2D eigenvalue weighted by molar-refractivity contribution is 7.90. The zero-order valence-electron chi connectivity index (χ0n) is 34.9. The van der Waals surface area contributed by atoms with Crippen LogP contribution in [0, 0.1) is 22.7 Å². The van der Waals surface area contributed by atoms with Crippen molar-refractivity contribution in [2.24, 2.45) is 22.7 Å². The number of aromatic nitrogens is 2. The molecule has 2 amide bonds. The Morgan fingerprint density at radius 2 is 1.56 bits per heavy atom. The van der Waals surface area contributed by atoms with Crippen molar-refractivity contribution in [1.29, 1.82) is 0 Å². The van der Waals surface area contributed by atoms with E-state index in [-0.39, 0.29) is 43.1 Å². The topological polar surface area (TPSA) is 136 Å². The number of likely N-dealkylation sites (tertiary alicyclic amines) is 1. The van der Waals surface area contributed by atoms with Crippen molar-refractivity contribution in [3.8, 4) is 17.3 Å². The third-order valence-corrected chi connectivity index (χ3v) is 15.4. The van der Waals surface area contributed by atoms with Gasteiger partial charge >= 0.3 is 12.4 Å². The van der Waals surface area contributed by atoms with Crippen LogP contribution in [-0.2, 0) is 43.2 Å². The second kappa shape index (κ2) is 16.3. The van der Waals surface area contributed by atoms with Crippen LogP contribution in [0.5, 0.6) is 5.88 Å². The van der Waals surface area contributed by atoms with Crippen LogP contribution in [0.4, 0.5) is 26.3 Å². The van der Waals surface area contributed by atoms with Crippen LogP contribution in [0.25, 0.3) is 31.7 Å². The quantitative estimate of drug-likeness (QED) is 0.0912. The lowest BCUT2D eigenvalue weighted by atomic mass is 9.76. The Hall–Kier alpha value is -5.36. The number of benzene rings is 3. The number of ether oxygens (including phenoxy) is 1. The maximum absolute atomic E-state index is 15.0. The van der Waals surface area contributed by atoms with Gasteiger partial charge in [-0.05, 0) is 72.9 Å². The van der Waals surface area contributed by atoms with Crippen LogP contribution >= 0.6 is 11.3 Å². The number of alkyl halides is 6. The fourth-order valence-electron chi connectivity index (χ4n) is 8.51. The maximum atomic E-state index is 15.0. The Balaban J connectivity index is 1.15. The number of fused-ring (bicyclic) bond motifs is 3. The summed E-state index contributed by atoms with van der Waals surface area (Å²) in [7, 11) is -3.97. The number of carbonyl (C=O) groups is 3. The average molecular weight is 927 g/mol. The molecule has 5 atom stereocenters. The van der Waals surface area contributed by atoms with E-state index in [2.05, 4.69) is 16.3 Å². The highest BCUT2D eigenvalue weighted by atomic mass is 32.2. The molecule has 2 saturated carbocycles. The highest BCUT2D eigenvalue weighted by Crippen LogP contribution is 2.57. The fourth-order valence-corrected chi connectivity index (χ4v) is 11.0. The molecule has 1 saturated heterocycles. The van der Waals surface area contributed by atoms with E-state index in [1.165, 1.54) is 46.6 Å². The fraction of sp³-hybridized carbons (Fsp3) is 0.413. The number of amides is 2. The molecule has 8 rings (SSSR count). The average Bonchev–Trinajstić information content (AvgIpc) is 4.14. The third kappa shape index (κ3) is 8.99. The van der Waals surface area contributed by atoms with Gasteiger partial charge in [-0.15, -0.1) is 17.9 Å². The van der Waals surface area contributed by atoms with Gasteiger partial charge in [-0.1, -0.05) is 69.3 Å². The Kier molecular flexibility index (Phi) is 11.5. The van der Waals surface area contributed by atoms with Crippen LogP contribution in [0.2, 0.25) is 0 Å². The standard InChI is InChI=1S/C46H44F6N4O6S2/c1-5-27-22-44(27,42(59)55-64(60,61)31-18-19-31)23-35(57)34-21-30(24-56(34)41(58)33(43(2,3)4)20-25-10-14-28(15-11-25)45(47,48)49)62-40-38-37(32-8-6-7-9-36(32)63-38)53-39(54-40)26-12-16-29(17-13-26)46(50,51)52/h5-17,27,30-31,33-34H,1,18-24H2,2-4H3,(H,55,59)/t27-,30-,33-,34+,44-/m1/s1. The minimum atomic E-state index is -4.57. The number of hydrogen-bond donors (Lipinski definition) is 1. The highest BCUT2D eigenvalue weighted by Gasteiger charge is 2.61. The Bertz CT molecular complexity index is 2760. The largest absolute Gasteiger partial charge is 0.471 e. The predicted molar refractivity (Wildman–Crippen MR) is 228 cm³/mol. The van der Waals surface area contributed by atoms with Gasteiger partial charge in [0.2, 0.25) is 27.7 Å². The summed E-state index contributed by atoms with van der Waals surface area (Å²) in [6.45, 7) is 9.06. The minimum absolute atomic E-state index is 0.0259. The van der Waals surface area contributed by atoms with Crippen LogP contribution in [-0.4, -0.2) is 64.8 Å². The van der Waals surface area contributed by atoms with Crippen LogP contribution in [0.1, 0.15) is 69.6 Å². The van der Waals surface area contributed by atoms with Gasteiger partial charge in [0.15, 0.2) is 11.6 Å². The molecule has 18 heteroatoms. The molecule has 5 aromatic rings. The van der Waals surface area contributed by atoms with Gasteiger partial charge in [0, 0.05) is 34.4 Å². The number of nitrogens with zero attached hydrogens (tertiary/aromatic N) is 3. The summed E-state index contributed by atoms with van der Waals surface area (Å²) in [5.41, 5.74) is -2.70. The number of allylic oxidation sites excluding steroid dienone is 1. The summed E-state index contributed by atoms with van der Waals surface area (Å²) in [5, 5.41) is 0.0444. The van der Waals surface area contributed by atoms with E-state index < -0.39 is 97.6 Å². The lowest BCUT2D eigenvalue weighted by molar-refractivity contribution is -0.144. The van der Waals surface area contributed by atoms with E-state index in [1.54, 1.807) is 20.8 Å². The monoisotopic (exact) mass is 926 g/mol. The summed E-state index contributed by atoms with van der Waals surface area (Å²) >= 11 is 1.32. The third-order valence-electron chi connectivity index (χ3n) is 12.5. The summed E-state index contributed by atoms with van der Waals surface area (Å²) in [6.07, 6.45) is -8.03. The molecule has 3 aliphatic rings. The molecule has 3 fully saturated rings. The molecule has 0 radical (unpaired) electrons. The van der Waals surface area contributed by atoms with Gasteiger partial charge in [0.05, 0.1) is 39.9 Å². The molecule has 338 valence electrons. The molecule has 1 aliphatic heterocycles. The Morgan fingerprint density at radius 1 is 0.938 bits per heavy atom. The van der Waals surface area contributed by atoms with E-state index in [0.717, 1.165) is 34.4 Å². The van der Waals surface area contributed by atoms with Crippen LogP contribution in [0.15, 0.2) is 85.5 Å². The summed E-state index contributed by atoms with van der Waals surface area (Å²) in [4.78, 5) is 54.2. The molecule has 64 heavy (non-hydrogen) atoms. The molecule has 0 unspecified atom stereocenters. The van der Waals surface area contributed by atoms with Crippen LogP contribution < -0.4 is 9.46 Å². The first-order valence-corrected chi connectivity index (χ1v) is 23.1. The summed E-state index contributed by atoms with van der Waals surface area (Å²) < 4.78 is 117. The van der Waals surface area contributed by atoms with Crippen LogP contribution in [0.3, 0.4) is 0 Å². The molecule has 3 aromatic carbocycles. The molecule has 10 nitrogen and oxygen atoms in total. The number of sulfonamides is 1. The maximum Gasteiger partial charge on any atom is 0.416 e. The van der Waals surface area contributed by atoms with E-state index in [1.807, 2.05) is 24.3 Å². The van der Waals surface area contributed by atoms with Gasteiger partial charge in [0.25, 0.3) is 0 Å². The van der Waals surface area contributed by atoms with E-state index in [9.17, 15) is 49.1 Å². The molecular formula is C46H44F6N4O6S2. The Labute approximate surface area is 369 Å². The predicted octanol–water partition coefficient (Wildman–Crippen LogP) is 9.56. The summed E-state index contributed by atoms with van der Waals surface area (Å²) in [6, 6.07) is 15.1. The first kappa shape index (κ1) is 45.2. The zero-order chi connectivity index (χ0) is 46.1. The van der Waals surface area contributed by atoms with Gasteiger partial charge in [0.1, 0.15) is 10.8 Å². The van der Waals surface area contributed by atoms with E-state index in [0.29, 0.717) is 28.6 Å². The second-order valence-electron chi connectivity index (χ2n) is 18.0. The van der Waals surface area contributed by atoms with Crippen molar-refractivity contribution in [3.63, 3.8) is 0 Å². The van der Waals surface area contributed by atoms with Crippen molar-refractivity contribution >= 4 is 59.3 Å². The molecule has 3 heterocycles. The minimum Gasteiger partial charge on any atom is -0.471 e. The second-order valence-corrected chi connectivity index (χ2v) is 21.0. The van der Waals surface area contributed by atoms with Crippen molar-refractivity contribution in [2.45, 2.75) is 89.0 Å². The SMILES string of the molecule is C=C[C@@H]1C[C@]1(CC(=O)[C@@H]1C[C@@H](Oc2nc(-c3ccc(C(F)(F)F)cc3)nc3c2sc2ccccc23)CN1C(=O)[C@@H](Cc1ccc(C(F)(F)F)cc1)C(C)(C)C)C(=O)NS(=O)(=O)C1CC1. The number of nitrogens with one attached hydrogen (secondary N) is 1. The molecule has 2 aromatic heterocycles.